The van der Waals surface area contributed by atoms with Crippen LogP contribution in [-0.2, 0) is 0 Å². The minimum atomic E-state index is -0.609. The smallest absolute Gasteiger partial charge is 0.220 e. The van der Waals surface area contributed by atoms with Crippen molar-refractivity contribution in [3.05, 3.63) is 51.5 Å². The number of rotatable bonds is 1. The van der Waals surface area contributed by atoms with E-state index in [-0.39, 0.29) is 15.6 Å². The highest BCUT2D eigenvalue weighted by Crippen LogP contribution is 2.36. The van der Waals surface area contributed by atoms with Gasteiger partial charge in [0.1, 0.15) is 0 Å². The predicted molar refractivity (Wildman–Crippen MR) is 64.7 cm³/mol. The highest BCUT2D eigenvalue weighted by Gasteiger charge is 2.12. The average molecular weight is 277 g/mol. The molecule has 82 valence electrons. The number of halogens is 4. The van der Waals surface area contributed by atoms with Gasteiger partial charge in [-0.2, -0.15) is 4.39 Å². The summed E-state index contributed by atoms with van der Waals surface area (Å²) in [6, 6.07) is 6.23. The third-order valence-corrected chi connectivity index (χ3v) is 3.06. The second-order valence-corrected chi connectivity index (χ2v) is 4.31. The van der Waals surface area contributed by atoms with E-state index in [0.717, 1.165) is 0 Å². The summed E-state index contributed by atoms with van der Waals surface area (Å²) in [5.41, 5.74) is 0.710. The van der Waals surface area contributed by atoms with Crippen LogP contribution >= 0.6 is 34.8 Å². The summed E-state index contributed by atoms with van der Waals surface area (Å²) < 4.78 is 13.5. The van der Waals surface area contributed by atoms with Crippen molar-refractivity contribution in [2.24, 2.45) is 0 Å². The van der Waals surface area contributed by atoms with E-state index >= 15 is 0 Å². The van der Waals surface area contributed by atoms with E-state index < -0.39 is 5.95 Å². The molecule has 0 aliphatic rings. The first kappa shape index (κ1) is 11.6. The Hall–Kier alpha value is -0.830. The van der Waals surface area contributed by atoms with Gasteiger partial charge >= 0.3 is 0 Å². The largest absolute Gasteiger partial charge is 0.228 e. The topological polar surface area (TPSA) is 12.9 Å². The molecule has 0 radical (unpaired) electrons. The van der Waals surface area contributed by atoms with Crippen LogP contribution in [0.4, 0.5) is 4.39 Å². The van der Waals surface area contributed by atoms with Crippen LogP contribution in [0.25, 0.3) is 11.1 Å². The molecule has 1 aromatic heterocycles. The summed E-state index contributed by atoms with van der Waals surface area (Å²) in [5.74, 6) is -0.609. The Balaban J connectivity index is 2.69. The first-order valence-electron chi connectivity index (χ1n) is 4.35. The monoisotopic (exact) mass is 275 g/mol. The van der Waals surface area contributed by atoms with Crippen molar-refractivity contribution in [3.8, 4) is 11.1 Å². The van der Waals surface area contributed by atoms with Crippen molar-refractivity contribution in [2.75, 3.05) is 0 Å². The van der Waals surface area contributed by atoms with Gasteiger partial charge in [-0.05, 0) is 24.3 Å². The van der Waals surface area contributed by atoms with Gasteiger partial charge in [0.15, 0.2) is 0 Å². The highest BCUT2D eigenvalue weighted by molar-refractivity contribution is 6.45. The van der Waals surface area contributed by atoms with E-state index in [4.69, 9.17) is 34.8 Å². The number of aromatic nitrogens is 1. The van der Waals surface area contributed by atoms with E-state index in [9.17, 15) is 4.39 Å². The minimum absolute atomic E-state index is 0.262. The molecule has 1 nitrogen and oxygen atoms in total. The van der Waals surface area contributed by atoms with Crippen molar-refractivity contribution < 1.29 is 4.39 Å². The molecule has 2 rings (SSSR count). The number of hydrogen-bond donors (Lipinski definition) is 0. The SMILES string of the molecule is Fc1ncccc1-c1cc(Cl)cc(Cl)c1Cl. The van der Waals surface area contributed by atoms with Gasteiger partial charge in [-0.25, -0.2) is 4.98 Å². The zero-order valence-corrected chi connectivity index (χ0v) is 10.1. The lowest BCUT2D eigenvalue weighted by Crippen LogP contribution is -1.89. The highest BCUT2D eigenvalue weighted by atomic mass is 35.5. The van der Waals surface area contributed by atoms with Crippen molar-refractivity contribution in [3.63, 3.8) is 0 Å². The Morgan fingerprint density at radius 3 is 2.50 bits per heavy atom. The lowest BCUT2D eigenvalue weighted by molar-refractivity contribution is 0.587. The van der Waals surface area contributed by atoms with Gasteiger partial charge in [0, 0.05) is 22.3 Å². The average Bonchev–Trinajstić information content (AvgIpc) is 2.24. The maximum atomic E-state index is 13.5. The molecular weight excluding hydrogens is 271 g/mol. The molecule has 16 heavy (non-hydrogen) atoms. The molecule has 5 heteroatoms. The summed E-state index contributed by atoms with van der Waals surface area (Å²) in [4.78, 5) is 3.54. The lowest BCUT2D eigenvalue weighted by Gasteiger charge is -2.07. The first-order chi connectivity index (χ1) is 7.59. The molecule has 0 saturated heterocycles. The van der Waals surface area contributed by atoms with Gasteiger partial charge in [-0.3, -0.25) is 0 Å². The van der Waals surface area contributed by atoms with Crippen molar-refractivity contribution in [1.82, 2.24) is 4.98 Å². The molecule has 0 aliphatic carbocycles. The second-order valence-electron chi connectivity index (χ2n) is 3.09. The molecule has 0 N–H and O–H groups in total. The van der Waals surface area contributed by atoms with Crippen LogP contribution in [0.15, 0.2) is 30.5 Å². The van der Waals surface area contributed by atoms with Crippen LogP contribution in [0.2, 0.25) is 15.1 Å². The van der Waals surface area contributed by atoms with Crippen LogP contribution in [0.1, 0.15) is 0 Å². The summed E-state index contributed by atoms with van der Waals surface area (Å²) in [7, 11) is 0. The number of nitrogens with zero attached hydrogens (tertiary/aromatic N) is 1. The molecule has 0 atom stereocenters. The van der Waals surface area contributed by atoms with E-state index in [2.05, 4.69) is 4.98 Å². The van der Waals surface area contributed by atoms with Crippen LogP contribution in [0.5, 0.6) is 0 Å². The number of hydrogen-bond acceptors (Lipinski definition) is 1. The summed E-state index contributed by atoms with van der Waals surface area (Å²) >= 11 is 17.7. The lowest BCUT2D eigenvalue weighted by atomic mass is 10.1. The van der Waals surface area contributed by atoms with E-state index in [1.807, 2.05) is 0 Å². The van der Waals surface area contributed by atoms with Gasteiger partial charge in [0.2, 0.25) is 5.95 Å². The normalized spacial score (nSPS) is 10.5. The fourth-order valence-corrected chi connectivity index (χ4v) is 2.04. The van der Waals surface area contributed by atoms with Gasteiger partial charge in [-0.15, -0.1) is 0 Å². The number of pyridine rings is 1. The van der Waals surface area contributed by atoms with Crippen molar-refractivity contribution in [2.45, 2.75) is 0 Å². The third kappa shape index (κ3) is 2.14. The molecule has 0 fully saturated rings. The van der Waals surface area contributed by atoms with E-state index in [1.165, 1.54) is 12.3 Å². The summed E-state index contributed by atoms with van der Waals surface area (Å²) in [5, 5.41) is 0.943. The van der Waals surface area contributed by atoms with E-state index in [0.29, 0.717) is 10.6 Å². The third-order valence-electron chi connectivity index (χ3n) is 2.04. The van der Waals surface area contributed by atoms with Crippen LogP contribution in [0.3, 0.4) is 0 Å². The first-order valence-corrected chi connectivity index (χ1v) is 5.48. The predicted octanol–water partition coefficient (Wildman–Crippen LogP) is 4.85. The van der Waals surface area contributed by atoms with Gasteiger partial charge in [-0.1, -0.05) is 34.8 Å². The Labute approximate surface area is 107 Å². The molecule has 0 amide bonds. The zero-order chi connectivity index (χ0) is 11.7. The second kappa shape index (κ2) is 4.58. The maximum absolute atomic E-state index is 13.5. The van der Waals surface area contributed by atoms with Crippen LogP contribution in [-0.4, -0.2) is 4.98 Å². The molecule has 1 aromatic carbocycles. The van der Waals surface area contributed by atoms with Gasteiger partial charge in [0.25, 0.3) is 0 Å². The van der Waals surface area contributed by atoms with Gasteiger partial charge in [0.05, 0.1) is 10.0 Å². The standard InChI is InChI=1S/C11H5Cl3FN/c12-6-4-8(10(14)9(13)5-6)7-2-1-3-16-11(7)15/h1-5H. The van der Waals surface area contributed by atoms with E-state index in [1.54, 1.807) is 18.2 Å². The van der Waals surface area contributed by atoms with Crippen molar-refractivity contribution >= 4 is 34.8 Å². The number of benzene rings is 1. The quantitative estimate of drug-likeness (QED) is 0.536. The molecule has 2 aromatic rings. The van der Waals surface area contributed by atoms with Crippen molar-refractivity contribution in [1.29, 1.82) is 0 Å². The Morgan fingerprint density at radius 1 is 1.06 bits per heavy atom. The van der Waals surface area contributed by atoms with Crippen LogP contribution in [0, 0.1) is 5.95 Å². The molecule has 0 unspecified atom stereocenters. The summed E-state index contributed by atoms with van der Waals surface area (Å²) in [6.45, 7) is 0. The Morgan fingerprint density at radius 2 is 1.81 bits per heavy atom. The molecule has 0 spiro atoms. The molecule has 1 heterocycles. The molecule has 0 bridgehead atoms. The fourth-order valence-electron chi connectivity index (χ4n) is 1.34. The molecular formula is C11H5Cl3FN. The zero-order valence-electron chi connectivity index (χ0n) is 7.85. The Bertz CT molecular complexity index is 543. The molecule has 0 saturated carbocycles. The fraction of sp³-hybridized carbons (Fsp3) is 0. The molecule has 0 aliphatic heterocycles. The Kier molecular flexibility index (Phi) is 3.33. The van der Waals surface area contributed by atoms with Gasteiger partial charge < -0.3 is 0 Å². The van der Waals surface area contributed by atoms with Crippen LogP contribution < -0.4 is 0 Å². The summed E-state index contributed by atoms with van der Waals surface area (Å²) in [6.07, 6.45) is 1.36. The minimum Gasteiger partial charge on any atom is -0.228 e. The maximum Gasteiger partial charge on any atom is 0.220 e.